The van der Waals surface area contributed by atoms with E-state index < -0.39 is 0 Å². The van der Waals surface area contributed by atoms with Crippen LogP contribution in [0.4, 0.5) is 0 Å². The van der Waals surface area contributed by atoms with Gasteiger partial charge in [-0.1, -0.05) is 18.7 Å². The molecule has 0 aromatic carbocycles. The van der Waals surface area contributed by atoms with Crippen molar-refractivity contribution in [2.24, 2.45) is 7.05 Å². The maximum absolute atomic E-state index is 12.3. The van der Waals surface area contributed by atoms with E-state index in [4.69, 9.17) is 4.42 Å². The van der Waals surface area contributed by atoms with E-state index in [0.717, 1.165) is 0 Å². The number of thioether (sulfide) groups is 1. The first-order valence-electron chi connectivity index (χ1n) is 7.02. The molecule has 0 fully saturated rings. The molecule has 0 spiro atoms. The van der Waals surface area contributed by atoms with Crippen LogP contribution in [0.1, 0.15) is 24.8 Å². The third-order valence-electron chi connectivity index (χ3n) is 3.15. The first kappa shape index (κ1) is 16.4. The molecule has 1 unspecified atom stereocenters. The van der Waals surface area contributed by atoms with Gasteiger partial charge in [0.2, 0.25) is 5.91 Å². The number of nitrogens with zero attached hydrogens (tertiary/aromatic N) is 2. The molecule has 0 aliphatic heterocycles. The van der Waals surface area contributed by atoms with Crippen molar-refractivity contribution in [2.75, 3.05) is 0 Å². The number of carbonyl (C=O) groups excluding carboxylic acids is 1. The Morgan fingerprint density at radius 2 is 2.32 bits per heavy atom. The molecular formula is C15H19N3O3S. The summed E-state index contributed by atoms with van der Waals surface area (Å²) in [6.45, 7) is 4.05. The Morgan fingerprint density at radius 3 is 2.95 bits per heavy atom. The van der Waals surface area contributed by atoms with Crippen LogP contribution in [-0.2, 0) is 18.4 Å². The second kappa shape index (κ2) is 7.31. The highest BCUT2D eigenvalue weighted by Gasteiger charge is 2.20. The lowest BCUT2D eigenvalue weighted by Gasteiger charge is -2.15. The smallest absolute Gasteiger partial charge is 0.254 e. The summed E-state index contributed by atoms with van der Waals surface area (Å²) in [6.07, 6.45) is 2.21. The van der Waals surface area contributed by atoms with Gasteiger partial charge in [0.05, 0.1) is 18.1 Å². The van der Waals surface area contributed by atoms with Crippen molar-refractivity contribution in [1.29, 1.82) is 0 Å². The Morgan fingerprint density at radius 1 is 1.55 bits per heavy atom. The van der Waals surface area contributed by atoms with E-state index in [-0.39, 0.29) is 16.7 Å². The monoisotopic (exact) mass is 321 g/mol. The number of carbonyl (C=O) groups is 1. The van der Waals surface area contributed by atoms with E-state index in [1.54, 1.807) is 32.4 Å². The van der Waals surface area contributed by atoms with E-state index in [2.05, 4.69) is 10.3 Å². The van der Waals surface area contributed by atoms with Gasteiger partial charge in [0.25, 0.3) is 5.56 Å². The summed E-state index contributed by atoms with van der Waals surface area (Å²) >= 11 is 1.30. The average molecular weight is 321 g/mol. The van der Waals surface area contributed by atoms with Crippen molar-refractivity contribution in [3.05, 3.63) is 46.3 Å². The highest BCUT2D eigenvalue weighted by molar-refractivity contribution is 8.00. The van der Waals surface area contributed by atoms with Crippen LogP contribution in [0.3, 0.4) is 0 Å². The van der Waals surface area contributed by atoms with Crippen LogP contribution in [0.5, 0.6) is 0 Å². The van der Waals surface area contributed by atoms with Gasteiger partial charge in [-0.15, -0.1) is 0 Å². The Bertz CT molecular complexity index is 695. The van der Waals surface area contributed by atoms with Crippen LogP contribution >= 0.6 is 11.8 Å². The predicted molar refractivity (Wildman–Crippen MR) is 84.7 cm³/mol. The molecule has 0 saturated carbocycles. The van der Waals surface area contributed by atoms with Crippen molar-refractivity contribution in [2.45, 2.75) is 37.2 Å². The molecule has 0 saturated heterocycles. The van der Waals surface area contributed by atoms with Gasteiger partial charge in [-0.2, -0.15) is 0 Å². The third-order valence-corrected chi connectivity index (χ3v) is 4.56. The highest BCUT2D eigenvalue weighted by atomic mass is 32.2. The number of aryl methyl sites for hydroxylation is 1. The van der Waals surface area contributed by atoms with Gasteiger partial charge in [0, 0.05) is 18.8 Å². The zero-order valence-corrected chi connectivity index (χ0v) is 13.6. The van der Waals surface area contributed by atoms with Crippen molar-refractivity contribution in [3.8, 4) is 0 Å². The maximum atomic E-state index is 12.3. The van der Waals surface area contributed by atoms with Crippen LogP contribution in [-0.4, -0.2) is 20.7 Å². The normalized spacial score (nSPS) is 12.1. The molecule has 118 valence electrons. The van der Waals surface area contributed by atoms with Crippen molar-refractivity contribution in [3.63, 3.8) is 0 Å². The summed E-state index contributed by atoms with van der Waals surface area (Å²) in [5.74, 6) is 0.605. The molecule has 0 aliphatic carbocycles. The Kier molecular flexibility index (Phi) is 5.43. The molecule has 2 aromatic rings. The number of nitrogens with one attached hydrogen (secondary N) is 1. The van der Waals surface area contributed by atoms with E-state index in [1.165, 1.54) is 22.4 Å². The number of hydrogen-bond donors (Lipinski definition) is 1. The molecule has 1 N–H and O–H groups in total. The van der Waals surface area contributed by atoms with Gasteiger partial charge in [-0.25, -0.2) is 4.98 Å². The largest absolute Gasteiger partial charge is 0.467 e. The fourth-order valence-corrected chi connectivity index (χ4v) is 2.94. The lowest BCUT2D eigenvalue weighted by molar-refractivity contribution is -0.120. The van der Waals surface area contributed by atoms with E-state index in [9.17, 15) is 9.59 Å². The van der Waals surface area contributed by atoms with Gasteiger partial charge in [-0.3, -0.25) is 14.2 Å². The van der Waals surface area contributed by atoms with Crippen molar-refractivity contribution < 1.29 is 9.21 Å². The quantitative estimate of drug-likeness (QED) is 0.649. The summed E-state index contributed by atoms with van der Waals surface area (Å²) in [6, 6.07) is 5.06. The van der Waals surface area contributed by atoms with Gasteiger partial charge < -0.3 is 9.73 Å². The second-order valence-electron chi connectivity index (χ2n) is 4.89. The fourth-order valence-electron chi connectivity index (χ4n) is 1.88. The van der Waals surface area contributed by atoms with Crippen molar-refractivity contribution in [1.82, 2.24) is 14.9 Å². The summed E-state index contributed by atoms with van der Waals surface area (Å²) in [7, 11) is 1.66. The maximum Gasteiger partial charge on any atom is 0.254 e. The van der Waals surface area contributed by atoms with Gasteiger partial charge in [0.1, 0.15) is 5.76 Å². The Balaban J connectivity index is 2.05. The number of hydrogen-bond acceptors (Lipinski definition) is 5. The van der Waals surface area contributed by atoms with Crippen LogP contribution < -0.4 is 10.9 Å². The van der Waals surface area contributed by atoms with Crippen molar-refractivity contribution >= 4 is 17.7 Å². The van der Waals surface area contributed by atoms with Crippen LogP contribution in [0.2, 0.25) is 0 Å². The zero-order valence-electron chi connectivity index (χ0n) is 12.8. The zero-order chi connectivity index (χ0) is 16.1. The fraction of sp³-hybridized carbons (Fsp3) is 0.400. The SMILES string of the molecule is CCC(Sc1nc(C)cc(=O)n1C)C(=O)NCc1ccco1. The number of furan rings is 1. The molecular weight excluding hydrogens is 302 g/mol. The number of rotatable bonds is 6. The standard InChI is InChI=1S/C15H19N3O3S/c1-4-12(14(20)16-9-11-6-5-7-21-11)22-15-17-10(2)8-13(19)18(15)3/h5-8,12H,4,9H2,1-3H3,(H,16,20). The molecule has 2 heterocycles. The minimum absolute atomic E-state index is 0.0975. The topological polar surface area (TPSA) is 77.1 Å². The summed E-state index contributed by atoms with van der Waals surface area (Å²) in [4.78, 5) is 28.4. The lowest BCUT2D eigenvalue weighted by Crippen LogP contribution is -2.32. The van der Waals surface area contributed by atoms with E-state index in [1.807, 2.05) is 6.92 Å². The molecule has 1 atom stereocenters. The molecule has 7 heteroatoms. The molecule has 0 bridgehead atoms. The minimum atomic E-state index is -0.310. The molecule has 1 amide bonds. The molecule has 2 rings (SSSR count). The highest BCUT2D eigenvalue weighted by Crippen LogP contribution is 2.22. The van der Waals surface area contributed by atoms with Gasteiger partial charge >= 0.3 is 0 Å². The molecule has 0 radical (unpaired) electrons. The summed E-state index contributed by atoms with van der Waals surface area (Å²) < 4.78 is 6.65. The first-order valence-corrected chi connectivity index (χ1v) is 7.90. The Labute approximate surface area is 132 Å². The number of amides is 1. The van der Waals surface area contributed by atoms with E-state index >= 15 is 0 Å². The summed E-state index contributed by atoms with van der Waals surface area (Å²) in [5.41, 5.74) is 0.525. The van der Waals surface area contributed by atoms with Gasteiger partial charge in [0.15, 0.2) is 5.16 Å². The third kappa shape index (κ3) is 4.00. The predicted octanol–water partition coefficient (Wildman–Crippen LogP) is 1.87. The summed E-state index contributed by atoms with van der Waals surface area (Å²) in [5, 5.41) is 3.07. The van der Waals surface area contributed by atoms with Crippen LogP contribution in [0.15, 0.2) is 38.8 Å². The minimum Gasteiger partial charge on any atom is -0.467 e. The molecule has 2 aromatic heterocycles. The molecule has 0 aliphatic rings. The van der Waals surface area contributed by atoms with Crippen LogP contribution in [0, 0.1) is 6.92 Å². The Hall–Kier alpha value is -2.02. The second-order valence-corrected chi connectivity index (χ2v) is 6.06. The van der Waals surface area contributed by atoms with Crippen LogP contribution in [0.25, 0.3) is 0 Å². The number of aromatic nitrogens is 2. The van der Waals surface area contributed by atoms with Gasteiger partial charge in [-0.05, 0) is 25.5 Å². The average Bonchev–Trinajstić information content (AvgIpc) is 3.00. The van der Waals surface area contributed by atoms with E-state index in [0.29, 0.717) is 29.6 Å². The first-order chi connectivity index (χ1) is 10.5. The molecule has 22 heavy (non-hydrogen) atoms. The lowest BCUT2D eigenvalue weighted by atomic mass is 10.3. The molecule has 6 nitrogen and oxygen atoms in total.